The van der Waals surface area contributed by atoms with E-state index in [9.17, 15) is 0 Å². The third kappa shape index (κ3) is 1.43. The molecule has 0 N–H and O–H groups in total. The van der Waals surface area contributed by atoms with Gasteiger partial charge in [0.2, 0.25) is 0 Å². The zero-order valence-corrected chi connectivity index (χ0v) is 6.23. The van der Waals surface area contributed by atoms with E-state index in [0.717, 1.165) is 0 Å². The zero-order chi connectivity index (χ0) is 7.40. The van der Waals surface area contributed by atoms with E-state index in [-0.39, 0.29) is 0 Å². The van der Waals surface area contributed by atoms with E-state index in [2.05, 4.69) is 23.1 Å². The molecule has 0 aliphatic carbocycles. The van der Waals surface area contributed by atoms with Crippen molar-refractivity contribution >= 4 is 0 Å². The van der Waals surface area contributed by atoms with E-state index in [1.54, 1.807) is 17.3 Å². The molecule has 54 valence electrons. The Balaban J connectivity index is 2.67. The first-order valence-electron chi connectivity index (χ1n) is 3.31. The molecule has 1 atom stereocenters. The third-order valence-corrected chi connectivity index (χ3v) is 1.32. The number of allylic oxidation sites excluding steroid dienone is 2. The first-order chi connectivity index (χ1) is 4.84. The molecule has 10 heavy (non-hydrogen) atoms. The van der Waals surface area contributed by atoms with E-state index in [1.807, 2.05) is 13.0 Å². The summed E-state index contributed by atoms with van der Waals surface area (Å²) < 4.78 is 1.81. The summed E-state index contributed by atoms with van der Waals surface area (Å²) in [5, 5.41) is 3.99. The van der Waals surface area contributed by atoms with Gasteiger partial charge in [0, 0.05) is 0 Å². The minimum absolute atomic E-state index is 0.312. The van der Waals surface area contributed by atoms with Crippen LogP contribution in [-0.2, 0) is 0 Å². The quantitative estimate of drug-likeness (QED) is 0.577. The predicted molar refractivity (Wildman–Crippen MR) is 39.5 cm³/mol. The lowest BCUT2D eigenvalue weighted by Crippen LogP contribution is -2.01. The van der Waals surface area contributed by atoms with Gasteiger partial charge in [-0.15, -0.1) is 0 Å². The van der Waals surface area contributed by atoms with E-state index in [4.69, 9.17) is 0 Å². The fourth-order valence-corrected chi connectivity index (χ4v) is 0.794. The number of hydrogen-bond donors (Lipinski definition) is 0. The molecule has 3 heteroatoms. The molecule has 1 heterocycles. The van der Waals surface area contributed by atoms with Crippen LogP contribution in [0.4, 0.5) is 0 Å². The molecule has 0 saturated heterocycles. The second-order valence-electron chi connectivity index (χ2n) is 2.14. The molecule has 0 fully saturated rings. The predicted octanol–water partition coefficient (Wildman–Crippen LogP) is 1.42. The summed E-state index contributed by atoms with van der Waals surface area (Å²) in [6.45, 7) is 4.06. The van der Waals surface area contributed by atoms with Gasteiger partial charge < -0.3 is 0 Å². The molecule has 1 rings (SSSR count). The molecule has 1 aromatic heterocycles. The van der Waals surface area contributed by atoms with Gasteiger partial charge in [-0.1, -0.05) is 12.2 Å². The molecule has 0 amide bonds. The van der Waals surface area contributed by atoms with E-state index < -0.39 is 0 Å². The summed E-state index contributed by atoms with van der Waals surface area (Å²) in [5.74, 6) is 0. The third-order valence-electron chi connectivity index (χ3n) is 1.32. The second kappa shape index (κ2) is 3.15. The highest BCUT2D eigenvalue weighted by Gasteiger charge is 1.96. The van der Waals surface area contributed by atoms with Crippen LogP contribution < -0.4 is 0 Å². The van der Waals surface area contributed by atoms with E-state index >= 15 is 0 Å². The zero-order valence-electron chi connectivity index (χ0n) is 6.23. The molecular formula is C7H11N3. The van der Waals surface area contributed by atoms with Crippen LogP contribution in [0.15, 0.2) is 24.8 Å². The van der Waals surface area contributed by atoms with Crippen molar-refractivity contribution in [1.29, 1.82) is 0 Å². The standard InChI is InChI=1S/C7H11N3/c1-3-4-7(2)10-6-8-5-9-10/h3-7H,1-2H3. The van der Waals surface area contributed by atoms with Crippen LogP contribution in [-0.4, -0.2) is 14.8 Å². The van der Waals surface area contributed by atoms with Crippen molar-refractivity contribution in [2.75, 3.05) is 0 Å². The fourth-order valence-electron chi connectivity index (χ4n) is 0.794. The van der Waals surface area contributed by atoms with Crippen LogP contribution >= 0.6 is 0 Å². The van der Waals surface area contributed by atoms with E-state index in [0.29, 0.717) is 6.04 Å². The highest BCUT2D eigenvalue weighted by Crippen LogP contribution is 2.02. The smallest absolute Gasteiger partial charge is 0.137 e. The number of aromatic nitrogens is 3. The molecule has 1 unspecified atom stereocenters. The number of rotatable bonds is 2. The first kappa shape index (κ1) is 6.99. The van der Waals surface area contributed by atoms with Crippen LogP contribution in [0.25, 0.3) is 0 Å². The van der Waals surface area contributed by atoms with Gasteiger partial charge in [-0.05, 0) is 13.8 Å². The molecule has 0 radical (unpaired) electrons. The van der Waals surface area contributed by atoms with Crippen molar-refractivity contribution in [1.82, 2.24) is 14.8 Å². The maximum Gasteiger partial charge on any atom is 0.137 e. The lowest BCUT2D eigenvalue weighted by molar-refractivity contribution is 0.578. The maximum absolute atomic E-state index is 3.99. The summed E-state index contributed by atoms with van der Waals surface area (Å²) in [4.78, 5) is 3.84. The molecule has 1 aromatic rings. The Bertz CT molecular complexity index is 201. The van der Waals surface area contributed by atoms with Gasteiger partial charge in [0.05, 0.1) is 6.04 Å². The summed E-state index contributed by atoms with van der Waals surface area (Å²) in [6, 6.07) is 0.312. The van der Waals surface area contributed by atoms with Crippen molar-refractivity contribution in [2.24, 2.45) is 0 Å². The second-order valence-corrected chi connectivity index (χ2v) is 2.14. The topological polar surface area (TPSA) is 30.7 Å². The Morgan fingerprint density at radius 2 is 2.40 bits per heavy atom. The normalized spacial score (nSPS) is 14.2. The van der Waals surface area contributed by atoms with Crippen LogP contribution in [0.3, 0.4) is 0 Å². The summed E-state index contributed by atoms with van der Waals surface area (Å²) in [7, 11) is 0. The van der Waals surface area contributed by atoms with Gasteiger partial charge in [-0.3, -0.25) is 0 Å². The summed E-state index contributed by atoms with van der Waals surface area (Å²) in [5.41, 5.74) is 0. The molecule has 0 aromatic carbocycles. The van der Waals surface area contributed by atoms with Gasteiger partial charge in [0.15, 0.2) is 0 Å². The van der Waals surface area contributed by atoms with Gasteiger partial charge in [-0.25, -0.2) is 9.67 Å². The fraction of sp³-hybridized carbons (Fsp3) is 0.429. The van der Waals surface area contributed by atoms with Crippen molar-refractivity contribution < 1.29 is 0 Å². The van der Waals surface area contributed by atoms with Gasteiger partial charge in [0.25, 0.3) is 0 Å². The van der Waals surface area contributed by atoms with Gasteiger partial charge >= 0.3 is 0 Å². The highest BCUT2D eigenvalue weighted by molar-refractivity contribution is 4.86. The lowest BCUT2D eigenvalue weighted by Gasteiger charge is -2.03. The van der Waals surface area contributed by atoms with Crippen LogP contribution in [0, 0.1) is 0 Å². The Morgan fingerprint density at radius 1 is 1.60 bits per heavy atom. The van der Waals surface area contributed by atoms with E-state index in [1.165, 1.54) is 0 Å². The van der Waals surface area contributed by atoms with Gasteiger partial charge in [0.1, 0.15) is 12.7 Å². The Labute approximate surface area is 60.4 Å². The van der Waals surface area contributed by atoms with Crippen molar-refractivity contribution in [3.05, 3.63) is 24.8 Å². The Morgan fingerprint density at radius 3 is 2.90 bits per heavy atom. The summed E-state index contributed by atoms with van der Waals surface area (Å²) in [6.07, 6.45) is 7.33. The molecule has 0 spiro atoms. The van der Waals surface area contributed by atoms with Crippen LogP contribution in [0.1, 0.15) is 19.9 Å². The lowest BCUT2D eigenvalue weighted by atomic mass is 10.3. The van der Waals surface area contributed by atoms with Crippen molar-refractivity contribution in [3.63, 3.8) is 0 Å². The largest absolute Gasteiger partial charge is 0.246 e. The van der Waals surface area contributed by atoms with Crippen molar-refractivity contribution in [2.45, 2.75) is 19.9 Å². The summed E-state index contributed by atoms with van der Waals surface area (Å²) >= 11 is 0. The molecule has 0 aliphatic rings. The Kier molecular flexibility index (Phi) is 2.20. The maximum atomic E-state index is 3.99. The van der Waals surface area contributed by atoms with Crippen molar-refractivity contribution in [3.8, 4) is 0 Å². The van der Waals surface area contributed by atoms with Gasteiger partial charge in [-0.2, -0.15) is 5.10 Å². The minimum Gasteiger partial charge on any atom is -0.246 e. The molecular weight excluding hydrogens is 126 g/mol. The first-order valence-corrected chi connectivity index (χ1v) is 3.31. The molecule has 3 nitrogen and oxygen atoms in total. The highest BCUT2D eigenvalue weighted by atomic mass is 15.3. The average Bonchev–Trinajstić information content (AvgIpc) is 2.38. The molecule has 0 saturated carbocycles. The van der Waals surface area contributed by atoms with Crippen LogP contribution in [0.2, 0.25) is 0 Å². The monoisotopic (exact) mass is 137 g/mol. The molecule has 0 aliphatic heterocycles. The Hall–Kier alpha value is -1.12. The SMILES string of the molecule is CC=CC(C)n1cncn1. The van der Waals surface area contributed by atoms with Crippen LogP contribution in [0.5, 0.6) is 0 Å². The molecule has 0 bridgehead atoms. The number of hydrogen-bond acceptors (Lipinski definition) is 2. The average molecular weight is 137 g/mol. The number of nitrogens with zero attached hydrogens (tertiary/aromatic N) is 3. The minimum atomic E-state index is 0.312.